The maximum atomic E-state index is 12.1. The molecule has 0 atom stereocenters. The highest BCUT2D eigenvalue weighted by atomic mass is 35.5. The molecular weight excluding hydrogens is 317 g/mol. The van der Waals surface area contributed by atoms with Gasteiger partial charge in [0.15, 0.2) is 0 Å². The average Bonchev–Trinajstić information content (AvgIpc) is 2.43. The summed E-state index contributed by atoms with van der Waals surface area (Å²) in [5, 5.41) is 13.1. The largest absolute Gasteiger partial charge is 0.307 e. The number of hydrogen-bond donors (Lipinski definition) is 1. The fraction of sp³-hybridized carbons (Fsp3) is 0.0769. The zero-order chi connectivity index (χ0) is 15.6. The molecule has 1 aromatic carbocycles. The van der Waals surface area contributed by atoms with Gasteiger partial charge in [-0.2, -0.15) is 0 Å². The molecule has 108 valence electrons. The Morgan fingerprint density at radius 2 is 2.05 bits per heavy atom. The first kappa shape index (κ1) is 15.2. The standard InChI is InChI=1S/C13H9Cl2N3O3/c1-7-2-3-11(16-6-7)17-13(19)8-4-9(14)12(15)10(5-8)18(20)21/h2-6H,1H3,(H,16,17,19). The molecule has 1 N–H and O–H groups in total. The number of amides is 1. The Kier molecular flexibility index (Phi) is 4.40. The summed E-state index contributed by atoms with van der Waals surface area (Å²) < 4.78 is 0. The minimum Gasteiger partial charge on any atom is -0.307 e. The van der Waals surface area contributed by atoms with Crippen molar-refractivity contribution in [1.82, 2.24) is 4.98 Å². The number of rotatable bonds is 3. The molecule has 21 heavy (non-hydrogen) atoms. The fourth-order valence-electron chi connectivity index (χ4n) is 1.57. The van der Waals surface area contributed by atoms with Crippen LogP contribution in [0.15, 0.2) is 30.5 Å². The van der Waals surface area contributed by atoms with Crippen molar-refractivity contribution in [3.63, 3.8) is 0 Å². The lowest BCUT2D eigenvalue weighted by Gasteiger charge is -2.06. The molecule has 0 aliphatic carbocycles. The molecule has 8 heteroatoms. The normalized spacial score (nSPS) is 10.2. The molecule has 1 heterocycles. The number of anilines is 1. The van der Waals surface area contributed by atoms with Gasteiger partial charge in [0.2, 0.25) is 0 Å². The summed E-state index contributed by atoms with van der Waals surface area (Å²) in [4.78, 5) is 26.2. The highest BCUT2D eigenvalue weighted by Gasteiger charge is 2.20. The third-order valence-corrected chi connectivity index (χ3v) is 3.41. The molecular formula is C13H9Cl2N3O3. The second-order valence-corrected chi connectivity index (χ2v) is 5.01. The molecule has 0 aliphatic rings. The second-order valence-electron chi connectivity index (χ2n) is 4.22. The fourth-order valence-corrected chi connectivity index (χ4v) is 1.96. The van der Waals surface area contributed by atoms with Crippen LogP contribution in [0.1, 0.15) is 15.9 Å². The predicted molar refractivity (Wildman–Crippen MR) is 80.0 cm³/mol. The summed E-state index contributed by atoms with van der Waals surface area (Å²) >= 11 is 11.5. The number of nitro groups is 1. The SMILES string of the molecule is Cc1ccc(NC(=O)c2cc(Cl)c(Cl)c([N+](=O)[O-])c2)nc1. The van der Waals surface area contributed by atoms with Crippen LogP contribution in [0.5, 0.6) is 0 Å². The summed E-state index contributed by atoms with van der Waals surface area (Å²) in [6, 6.07) is 5.73. The number of nitrogens with zero attached hydrogens (tertiary/aromatic N) is 2. The van der Waals surface area contributed by atoms with Crippen molar-refractivity contribution in [3.05, 3.63) is 61.7 Å². The van der Waals surface area contributed by atoms with Crippen molar-refractivity contribution >= 4 is 40.6 Å². The molecule has 2 rings (SSSR count). The molecule has 0 bridgehead atoms. The van der Waals surface area contributed by atoms with Gasteiger partial charge in [-0.05, 0) is 24.6 Å². The molecule has 0 unspecified atom stereocenters. The highest BCUT2D eigenvalue weighted by molar-refractivity contribution is 6.43. The average molecular weight is 326 g/mol. The van der Waals surface area contributed by atoms with Crippen LogP contribution < -0.4 is 5.32 Å². The quantitative estimate of drug-likeness (QED) is 0.685. The Morgan fingerprint density at radius 1 is 1.33 bits per heavy atom. The first-order valence-electron chi connectivity index (χ1n) is 5.76. The first-order chi connectivity index (χ1) is 9.88. The van der Waals surface area contributed by atoms with E-state index in [1.54, 1.807) is 18.3 Å². The van der Waals surface area contributed by atoms with Crippen molar-refractivity contribution in [2.75, 3.05) is 5.32 Å². The van der Waals surface area contributed by atoms with Gasteiger partial charge in [0.05, 0.1) is 9.95 Å². The number of aromatic nitrogens is 1. The lowest BCUT2D eigenvalue weighted by atomic mass is 10.2. The molecule has 6 nitrogen and oxygen atoms in total. The summed E-state index contributed by atoms with van der Waals surface area (Å²) in [5.41, 5.74) is 0.544. The number of nitro benzene ring substituents is 1. The lowest BCUT2D eigenvalue weighted by molar-refractivity contribution is -0.384. The molecule has 0 radical (unpaired) electrons. The highest BCUT2D eigenvalue weighted by Crippen LogP contribution is 2.33. The van der Waals surface area contributed by atoms with Gasteiger partial charge in [-0.15, -0.1) is 0 Å². The maximum absolute atomic E-state index is 12.1. The van der Waals surface area contributed by atoms with Crippen molar-refractivity contribution in [2.45, 2.75) is 6.92 Å². The number of nitrogens with one attached hydrogen (secondary N) is 1. The van der Waals surface area contributed by atoms with Gasteiger partial charge < -0.3 is 5.32 Å². The van der Waals surface area contributed by atoms with Crippen LogP contribution in [0.25, 0.3) is 0 Å². The van der Waals surface area contributed by atoms with Gasteiger partial charge in [0.25, 0.3) is 11.6 Å². The van der Waals surface area contributed by atoms with Crippen LogP contribution in [0.2, 0.25) is 10.0 Å². The van der Waals surface area contributed by atoms with Crippen LogP contribution in [0.4, 0.5) is 11.5 Å². The zero-order valence-electron chi connectivity index (χ0n) is 10.8. The number of aryl methyl sites for hydroxylation is 1. The third-order valence-electron chi connectivity index (χ3n) is 2.62. The number of carbonyl (C=O) groups is 1. The zero-order valence-corrected chi connectivity index (χ0v) is 12.3. The van der Waals surface area contributed by atoms with Crippen LogP contribution in [0, 0.1) is 17.0 Å². The van der Waals surface area contributed by atoms with E-state index in [1.807, 2.05) is 6.92 Å². The molecule has 0 fully saturated rings. The second kappa shape index (κ2) is 6.07. The van der Waals surface area contributed by atoms with E-state index in [0.717, 1.165) is 11.6 Å². The smallest absolute Gasteiger partial charge is 0.290 e. The van der Waals surface area contributed by atoms with Crippen molar-refractivity contribution in [1.29, 1.82) is 0 Å². The minimum absolute atomic E-state index is 0.0264. The van der Waals surface area contributed by atoms with Gasteiger partial charge in [0.1, 0.15) is 10.8 Å². The number of benzene rings is 1. The molecule has 0 aliphatic heterocycles. The van der Waals surface area contributed by atoms with Gasteiger partial charge in [-0.1, -0.05) is 29.3 Å². The first-order valence-corrected chi connectivity index (χ1v) is 6.51. The summed E-state index contributed by atoms with van der Waals surface area (Å²) in [6.45, 7) is 1.86. The summed E-state index contributed by atoms with van der Waals surface area (Å²) in [5.74, 6) is -0.229. The van der Waals surface area contributed by atoms with Gasteiger partial charge >= 0.3 is 0 Å². The number of halogens is 2. The van der Waals surface area contributed by atoms with Gasteiger partial charge in [-0.25, -0.2) is 4.98 Å². The van der Waals surface area contributed by atoms with E-state index in [-0.39, 0.29) is 15.6 Å². The Hall–Kier alpha value is -2.18. The molecule has 1 aromatic heterocycles. The molecule has 1 amide bonds. The van der Waals surface area contributed by atoms with E-state index >= 15 is 0 Å². The van der Waals surface area contributed by atoms with Crippen LogP contribution in [-0.4, -0.2) is 15.8 Å². The van der Waals surface area contributed by atoms with E-state index in [1.165, 1.54) is 6.07 Å². The van der Waals surface area contributed by atoms with Crippen molar-refractivity contribution in [3.8, 4) is 0 Å². The van der Waals surface area contributed by atoms with Crippen LogP contribution >= 0.6 is 23.2 Å². The van der Waals surface area contributed by atoms with E-state index in [2.05, 4.69) is 10.3 Å². The van der Waals surface area contributed by atoms with Crippen LogP contribution in [-0.2, 0) is 0 Å². The number of carbonyl (C=O) groups excluding carboxylic acids is 1. The summed E-state index contributed by atoms with van der Waals surface area (Å²) in [7, 11) is 0. The Bertz CT molecular complexity index is 717. The monoisotopic (exact) mass is 325 g/mol. The Balaban J connectivity index is 2.31. The summed E-state index contributed by atoms with van der Waals surface area (Å²) in [6.07, 6.45) is 1.59. The molecule has 2 aromatic rings. The Labute approximate surface area is 129 Å². The molecule has 0 saturated carbocycles. The van der Waals surface area contributed by atoms with E-state index in [0.29, 0.717) is 5.82 Å². The molecule has 0 spiro atoms. The third kappa shape index (κ3) is 3.48. The van der Waals surface area contributed by atoms with Gasteiger partial charge in [-0.3, -0.25) is 14.9 Å². The predicted octanol–water partition coefficient (Wildman–Crippen LogP) is 3.86. The Morgan fingerprint density at radius 3 is 2.62 bits per heavy atom. The lowest BCUT2D eigenvalue weighted by Crippen LogP contribution is -2.13. The van der Waals surface area contributed by atoms with Crippen molar-refractivity contribution in [2.24, 2.45) is 0 Å². The molecule has 0 saturated heterocycles. The number of pyridine rings is 1. The van der Waals surface area contributed by atoms with E-state index in [9.17, 15) is 14.9 Å². The van der Waals surface area contributed by atoms with E-state index < -0.39 is 16.5 Å². The van der Waals surface area contributed by atoms with Crippen LogP contribution in [0.3, 0.4) is 0 Å². The topological polar surface area (TPSA) is 85.1 Å². The van der Waals surface area contributed by atoms with Gasteiger partial charge in [0, 0.05) is 17.8 Å². The number of hydrogen-bond acceptors (Lipinski definition) is 4. The maximum Gasteiger partial charge on any atom is 0.290 e. The van der Waals surface area contributed by atoms with Crippen molar-refractivity contribution < 1.29 is 9.72 Å². The minimum atomic E-state index is -0.699. The van der Waals surface area contributed by atoms with E-state index in [4.69, 9.17) is 23.2 Å².